The van der Waals surface area contributed by atoms with Gasteiger partial charge in [-0.05, 0) is 85.9 Å². The Morgan fingerprint density at radius 3 is 2.79 bits per heavy atom. The van der Waals surface area contributed by atoms with Gasteiger partial charge in [0.25, 0.3) is 5.91 Å². The van der Waals surface area contributed by atoms with Crippen molar-refractivity contribution in [3.8, 4) is 11.5 Å². The van der Waals surface area contributed by atoms with Crippen molar-refractivity contribution < 1.29 is 14.6 Å². The normalized spacial score (nSPS) is 15.5. The van der Waals surface area contributed by atoms with Gasteiger partial charge in [0.05, 0.1) is 6.61 Å². The summed E-state index contributed by atoms with van der Waals surface area (Å²) in [7, 11) is 0. The highest BCUT2D eigenvalue weighted by Crippen LogP contribution is 2.28. The van der Waals surface area contributed by atoms with Gasteiger partial charge in [0, 0.05) is 30.4 Å². The Hall–Kier alpha value is -3.65. The zero-order valence-electron chi connectivity index (χ0n) is 18.3. The van der Waals surface area contributed by atoms with Gasteiger partial charge in [-0.2, -0.15) is 4.98 Å². The van der Waals surface area contributed by atoms with Crippen LogP contribution in [0.2, 0.25) is 0 Å². The molecule has 2 aliphatic heterocycles. The molecule has 170 valence electrons. The number of piperidine rings is 1. The average molecular weight is 446 g/mol. The lowest BCUT2D eigenvalue weighted by atomic mass is 9.97. The molecule has 2 aromatic carbocycles. The largest absolute Gasteiger partial charge is 0.508 e. The van der Waals surface area contributed by atoms with E-state index in [1.54, 1.807) is 41.4 Å². The molecule has 8 nitrogen and oxygen atoms in total. The average Bonchev–Trinajstić information content (AvgIpc) is 3.32. The lowest BCUT2D eigenvalue weighted by Gasteiger charge is -2.30. The number of ether oxygens (including phenoxy) is 1. The third-order valence-corrected chi connectivity index (χ3v) is 6.12. The molecule has 0 radical (unpaired) electrons. The molecule has 0 aliphatic carbocycles. The summed E-state index contributed by atoms with van der Waals surface area (Å²) in [4.78, 5) is 24.4. The standard InChI is InChI=1S/C25H27N5O3/c31-21-4-2-20(3-5-21)28-25-27-13-9-23(29-25)30(16-17-7-11-26-12-8-17)24(32)19-1-6-22-18(15-19)10-14-33-22/h1-6,9,13,15,17,26,31H,7-8,10-12,14,16H2,(H,27,28,29). The molecule has 1 amide bonds. The van der Waals surface area contributed by atoms with Crippen LogP contribution in [0.1, 0.15) is 28.8 Å². The highest BCUT2D eigenvalue weighted by atomic mass is 16.5. The number of benzene rings is 2. The Kier molecular flexibility index (Phi) is 6.08. The van der Waals surface area contributed by atoms with Crippen LogP contribution >= 0.6 is 0 Å². The molecule has 0 spiro atoms. The van der Waals surface area contributed by atoms with Crippen LogP contribution in [0, 0.1) is 5.92 Å². The highest BCUT2D eigenvalue weighted by Gasteiger charge is 2.26. The number of rotatable bonds is 6. The summed E-state index contributed by atoms with van der Waals surface area (Å²) < 4.78 is 5.60. The van der Waals surface area contributed by atoms with Crippen molar-refractivity contribution in [1.82, 2.24) is 15.3 Å². The zero-order chi connectivity index (χ0) is 22.6. The third kappa shape index (κ3) is 4.90. The highest BCUT2D eigenvalue weighted by molar-refractivity contribution is 6.06. The number of anilines is 3. The zero-order valence-corrected chi connectivity index (χ0v) is 18.3. The summed E-state index contributed by atoms with van der Waals surface area (Å²) in [6.07, 6.45) is 4.51. The van der Waals surface area contributed by atoms with Crippen LogP contribution in [-0.2, 0) is 6.42 Å². The fourth-order valence-corrected chi connectivity index (χ4v) is 4.31. The quantitative estimate of drug-likeness (QED) is 0.499. The number of phenols is 1. The topological polar surface area (TPSA) is 99.6 Å². The number of nitrogens with zero attached hydrogens (tertiary/aromatic N) is 3. The van der Waals surface area contributed by atoms with E-state index in [0.717, 1.165) is 49.4 Å². The molecule has 33 heavy (non-hydrogen) atoms. The molecule has 8 heteroatoms. The molecule has 3 N–H and O–H groups in total. The van der Waals surface area contributed by atoms with Crippen molar-refractivity contribution in [1.29, 1.82) is 0 Å². The van der Waals surface area contributed by atoms with E-state index in [0.29, 0.717) is 36.4 Å². The molecule has 3 aromatic rings. The third-order valence-electron chi connectivity index (χ3n) is 6.12. The van der Waals surface area contributed by atoms with Gasteiger partial charge in [0.2, 0.25) is 5.95 Å². The first kappa shape index (κ1) is 21.2. The predicted molar refractivity (Wildman–Crippen MR) is 126 cm³/mol. The molecule has 0 atom stereocenters. The Labute approximate surface area is 192 Å². The number of carbonyl (C=O) groups excluding carboxylic acids is 1. The van der Waals surface area contributed by atoms with Gasteiger partial charge in [-0.15, -0.1) is 0 Å². The monoisotopic (exact) mass is 445 g/mol. The number of phenolic OH excluding ortho intramolecular Hbond substituents is 1. The smallest absolute Gasteiger partial charge is 0.259 e. The van der Waals surface area contributed by atoms with E-state index in [2.05, 4.69) is 20.6 Å². The van der Waals surface area contributed by atoms with E-state index in [1.165, 1.54) is 0 Å². The van der Waals surface area contributed by atoms with Gasteiger partial charge >= 0.3 is 0 Å². The summed E-state index contributed by atoms with van der Waals surface area (Å²) in [6.45, 7) is 3.17. The fourth-order valence-electron chi connectivity index (χ4n) is 4.31. The minimum Gasteiger partial charge on any atom is -0.508 e. The van der Waals surface area contributed by atoms with Crippen LogP contribution in [0.3, 0.4) is 0 Å². The van der Waals surface area contributed by atoms with Crippen molar-refractivity contribution in [2.45, 2.75) is 19.3 Å². The first-order chi connectivity index (χ1) is 16.2. The molecule has 1 aromatic heterocycles. The van der Waals surface area contributed by atoms with Gasteiger partial charge in [-0.3, -0.25) is 9.69 Å². The van der Waals surface area contributed by atoms with Gasteiger partial charge in [0.15, 0.2) is 0 Å². The van der Waals surface area contributed by atoms with E-state index in [9.17, 15) is 9.90 Å². The summed E-state index contributed by atoms with van der Waals surface area (Å²) >= 11 is 0. The maximum atomic E-state index is 13.7. The summed E-state index contributed by atoms with van der Waals surface area (Å²) in [5.74, 6) is 2.33. The predicted octanol–water partition coefficient (Wildman–Crippen LogP) is 3.51. The van der Waals surface area contributed by atoms with Gasteiger partial charge in [-0.1, -0.05) is 0 Å². The molecule has 5 rings (SSSR count). The Bertz CT molecular complexity index is 1130. The summed E-state index contributed by atoms with van der Waals surface area (Å²) in [5.41, 5.74) is 2.46. The summed E-state index contributed by atoms with van der Waals surface area (Å²) in [6, 6.07) is 14.1. The van der Waals surface area contributed by atoms with E-state index in [-0.39, 0.29) is 11.7 Å². The SMILES string of the molecule is O=C(c1ccc2c(c1)CCO2)N(CC1CCNCC1)c1ccnc(Nc2ccc(O)cc2)n1. The van der Waals surface area contributed by atoms with Crippen molar-refractivity contribution in [2.75, 3.05) is 36.5 Å². The van der Waals surface area contributed by atoms with E-state index < -0.39 is 0 Å². The molecule has 0 saturated carbocycles. The van der Waals surface area contributed by atoms with Gasteiger partial charge < -0.3 is 20.5 Å². The second-order valence-corrected chi connectivity index (χ2v) is 8.44. The van der Waals surface area contributed by atoms with E-state index >= 15 is 0 Å². The number of carbonyl (C=O) groups is 1. The maximum Gasteiger partial charge on any atom is 0.259 e. The van der Waals surface area contributed by atoms with Crippen LogP contribution in [-0.4, -0.2) is 47.2 Å². The minimum absolute atomic E-state index is 0.0717. The minimum atomic E-state index is -0.0717. The maximum absolute atomic E-state index is 13.7. The Morgan fingerprint density at radius 1 is 1.15 bits per heavy atom. The van der Waals surface area contributed by atoms with Crippen LogP contribution in [0.4, 0.5) is 17.5 Å². The van der Waals surface area contributed by atoms with Crippen molar-refractivity contribution in [3.05, 3.63) is 65.9 Å². The number of hydrogen-bond donors (Lipinski definition) is 3. The first-order valence-corrected chi connectivity index (χ1v) is 11.3. The second kappa shape index (κ2) is 9.46. The lowest BCUT2D eigenvalue weighted by Crippen LogP contribution is -2.40. The van der Waals surface area contributed by atoms with Crippen LogP contribution in [0.25, 0.3) is 0 Å². The lowest BCUT2D eigenvalue weighted by molar-refractivity contribution is 0.0980. The molecule has 3 heterocycles. The number of aromatic hydroxyl groups is 1. The van der Waals surface area contributed by atoms with E-state index in [1.807, 2.05) is 18.2 Å². The van der Waals surface area contributed by atoms with Crippen LogP contribution < -0.4 is 20.3 Å². The van der Waals surface area contributed by atoms with Gasteiger partial charge in [0.1, 0.15) is 17.3 Å². The first-order valence-electron chi connectivity index (χ1n) is 11.3. The Balaban J connectivity index is 1.43. The van der Waals surface area contributed by atoms with Crippen LogP contribution in [0.15, 0.2) is 54.7 Å². The van der Waals surface area contributed by atoms with Crippen molar-refractivity contribution in [2.24, 2.45) is 5.92 Å². The van der Waals surface area contributed by atoms with Crippen molar-refractivity contribution in [3.63, 3.8) is 0 Å². The summed E-state index contributed by atoms with van der Waals surface area (Å²) in [5, 5.41) is 16.0. The van der Waals surface area contributed by atoms with E-state index in [4.69, 9.17) is 4.74 Å². The second-order valence-electron chi connectivity index (χ2n) is 8.44. The molecular weight excluding hydrogens is 418 g/mol. The number of nitrogens with one attached hydrogen (secondary N) is 2. The molecule has 1 saturated heterocycles. The fraction of sp³-hybridized carbons (Fsp3) is 0.320. The Morgan fingerprint density at radius 2 is 1.97 bits per heavy atom. The molecule has 2 aliphatic rings. The van der Waals surface area contributed by atoms with Crippen molar-refractivity contribution >= 4 is 23.4 Å². The molecule has 1 fully saturated rings. The number of aromatic nitrogens is 2. The molecule has 0 unspecified atom stereocenters. The number of amides is 1. The van der Waals surface area contributed by atoms with Crippen LogP contribution in [0.5, 0.6) is 11.5 Å². The molecule has 0 bridgehead atoms. The number of fused-ring (bicyclic) bond motifs is 1. The van der Waals surface area contributed by atoms with Gasteiger partial charge in [-0.25, -0.2) is 4.98 Å². The molecular formula is C25H27N5O3. The number of hydrogen-bond acceptors (Lipinski definition) is 7.